The van der Waals surface area contributed by atoms with E-state index in [0.717, 1.165) is 17.7 Å². The fraction of sp³-hybridized carbons (Fsp3) is 0.308. The van der Waals surface area contributed by atoms with E-state index in [9.17, 15) is 4.79 Å². The Morgan fingerprint density at radius 1 is 1.55 bits per heavy atom. The highest BCUT2D eigenvalue weighted by Gasteiger charge is 2.37. The number of carbonyl (C=O) groups excluding carboxylic acids is 1. The lowest BCUT2D eigenvalue weighted by atomic mass is 10.0. The van der Waals surface area contributed by atoms with E-state index in [-0.39, 0.29) is 5.88 Å². The topological polar surface area (TPSA) is 71.5 Å². The average molecular weight is 275 g/mol. The Labute approximate surface area is 115 Å². The van der Waals surface area contributed by atoms with E-state index in [1.165, 1.54) is 0 Å². The third-order valence-corrected chi connectivity index (χ3v) is 3.11. The fourth-order valence-corrected chi connectivity index (χ4v) is 2.26. The zero-order valence-electron chi connectivity index (χ0n) is 11.3. The summed E-state index contributed by atoms with van der Waals surface area (Å²) in [6.45, 7) is 2.76. The summed E-state index contributed by atoms with van der Waals surface area (Å²) < 4.78 is 10.1. The third-order valence-electron chi connectivity index (χ3n) is 3.11. The van der Waals surface area contributed by atoms with Crippen LogP contribution in [0.25, 0.3) is 11.3 Å². The zero-order chi connectivity index (χ0) is 14.1. The van der Waals surface area contributed by atoms with E-state index >= 15 is 0 Å². The van der Waals surface area contributed by atoms with Gasteiger partial charge in [-0.25, -0.2) is 4.79 Å². The number of nitrogens with zero attached hydrogens (tertiary/aromatic N) is 3. The predicted molar refractivity (Wildman–Crippen MR) is 70.6 cm³/mol. The van der Waals surface area contributed by atoms with Crippen molar-refractivity contribution in [3.63, 3.8) is 0 Å². The van der Waals surface area contributed by atoms with E-state index in [4.69, 9.17) is 9.26 Å². The lowest BCUT2D eigenvalue weighted by Gasteiger charge is -2.16. The van der Waals surface area contributed by atoms with Crippen LogP contribution in [0.4, 0.5) is 10.7 Å². The summed E-state index contributed by atoms with van der Waals surface area (Å²) in [6.07, 6.45) is -0.558. The van der Waals surface area contributed by atoms with E-state index in [1.54, 1.807) is 11.7 Å². The number of benzene rings is 1. The molecule has 1 aromatic carbocycles. The van der Waals surface area contributed by atoms with Gasteiger partial charge in [0.1, 0.15) is 6.54 Å². The highest BCUT2D eigenvalue weighted by atomic mass is 16.6. The van der Waals surface area contributed by atoms with Gasteiger partial charge in [0, 0.05) is 0 Å². The number of rotatable bonds is 2. The van der Waals surface area contributed by atoms with Crippen molar-refractivity contribution in [1.82, 2.24) is 5.27 Å². The third kappa shape index (κ3) is 1.97. The van der Waals surface area contributed by atoms with Crippen LogP contribution in [0.2, 0.25) is 0 Å². The molecule has 0 saturated carbocycles. The predicted octanol–water partition coefficient (Wildman–Crippen LogP) is 1.28. The minimum Gasteiger partial charge on any atom is -0.450 e. The van der Waals surface area contributed by atoms with Crippen molar-refractivity contribution >= 4 is 12.0 Å². The lowest BCUT2D eigenvalue weighted by molar-refractivity contribution is -0.749. The van der Waals surface area contributed by atoms with Crippen LogP contribution in [0.3, 0.4) is 0 Å². The van der Waals surface area contributed by atoms with Crippen molar-refractivity contribution in [3.05, 3.63) is 29.8 Å². The highest BCUT2D eigenvalue weighted by Crippen LogP contribution is 2.30. The fourth-order valence-electron chi connectivity index (χ4n) is 2.26. The molecule has 104 valence electrons. The molecule has 20 heavy (non-hydrogen) atoms. The quantitative estimate of drug-likeness (QED) is 0.836. The maximum absolute atomic E-state index is 11.5. The van der Waals surface area contributed by atoms with Gasteiger partial charge in [-0.05, 0) is 18.6 Å². The molecule has 0 spiro atoms. The molecule has 1 N–H and O–H groups in total. The Morgan fingerprint density at radius 3 is 3.15 bits per heavy atom. The summed E-state index contributed by atoms with van der Waals surface area (Å²) in [5, 5.41) is 8.42. The average Bonchev–Trinajstić information content (AvgIpc) is 2.84. The van der Waals surface area contributed by atoms with Crippen molar-refractivity contribution in [2.45, 2.75) is 13.5 Å². The Kier molecular flexibility index (Phi) is 3.02. The van der Waals surface area contributed by atoms with Gasteiger partial charge in [-0.1, -0.05) is 18.2 Å². The van der Waals surface area contributed by atoms with Crippen molar-refractivity contribution in [1.29, 1.82) is 0 Å². The zero-order valence-corrected chi connectivity index (χ0v) is 11.3. The van der Waals surface area contributed by atoms with Crippen molar-refractivity contribution in [2.75, 3.05) is 24.0 Å². The van der Waals surface area contributed by atoms with E-state index in [0.29, 0.717) is 12.3 Å². The molecule has 2 aromatic rings. The standard InChI is InChI=1S/C13H14N4O3/c1-3-19-13(18)14-12-11-10-7-5-4-6-9(10)8-16(2)17(11)15-20-12/h4-7H,3,8H2,1-2H3/p+1. The van der Waals surface area contributed by atoms with Gasteiger partial charge >= 0.3 is 17.7 Å². The molecule has 7 heteroatoms. The molecule has 1 aliphatic rings. The number of carbonyl (C=O) groups is 1. The van der Waals surface area contributed by atoms with Crippen molar-refractivity contribution in [2.24, 2.45) is 0 Å². The van der Waals surface area contributed by atoms with Crippen molar-refractivity contribution in [3.8, 4) is 11.3 Å². The van der Waals surface area contributed by atoms with Gasteiger partial charge in [0.2, 0.25) is 5.27 Å². The molecule has 0 bridgehead atoms. The number of amides is 1. The molecule has 0 radical (unpaired) electrons. The molecular formula is C13H15N4O3+. The Balaban J connectivity index is 2.03. The minimum absolute atomic E-state index is 0.280. The first-order valence-electron chi connectivity index (χ1n) is 6.36. The molecule has 1 aromatic heterocycles. The number of nitrogens with one attached hydrogen (secondary N) is 1. The summed E-state index contributed by atoms with van der Waals surface area (Å²) in [6, 6.07) is 7.93. The monoisotopic (exact) mass is 275 g/mol. The van der Waals surface area contributed by atoms with Gasteiger partial charge in [-0.2, -0.15) is 5.01 Å². The van der Waals surface area contributed by atoms with Crippen LogP contribution < -0.4 is 15.1 Å². The summed E-state index contributed by atoms with van der Waals surface area (Å²) >= 11 is 0. The summed E-state index contributed by atoms with van der Waals surface area (Å²) in [5.41, 5.74) is 2.84. The molecule has 0 atom stereocenters. The minimum atomic E-state index is -0.558. The maximum Gasteiger partial charge on any atom is 0.414 e. The van der Waals surface area contributed by atoms with Gasteiger partial charge < -0.3 is 4.74 Å². The van der Waals surface area contributed by atoms with Gasteiger partial charge in [0.15, 0.2) is 0 Å². The van der Waals surface area contributed by atoms with Crippen LogP contribution in [0.15, 0.2) is 28.8 Å². The number of aromatic nitrogens is 2. The van der Waals surface area contributed by atoms with E-state index < -0.39 is 6.09 Å². The number of hydrogen-bond acceptors (Lipinski definition) is 5. The van der Waals surface area contributed by atoms with Crippen LogP contribution in [-0.2, 0) is 11.3 Å². The number of ether oxygens (including phenoxy) is 1. The molecule has 2 heterocycles. The summed E-state index contributed by atoms with van der Waals surface area (Å²) in [4.78, 5) is 13.2. The van der Waals surface area contributed by atoms with Crippen LogP contribution in [0.5, 0.6) is 0 Å². The molecule has 1 aliphatic heterocycles. The van der Waals surface area contributed by atoms with E-state index in [2.05, 4.69) is 10.6 Å². The molecule has 1 amide bonds. The summed E-state index contributed by atoms with van der Waals surface area (Å²) in [5.74, 6) is 0.280. The largest absolute Gasteiger partial charge is 0.450 e. The van der Waals surface area contributed by atoms with E-state index in [1.807, 2.05) is 36.3 Å². The molecule has 0 unspecified atom stereocenters. The molecule has 7 nitrogen and oxygen atoms in total. The van der Waals surface area contributed by atoms with Gasteiger partial charge in [-0.3, -0.25) is 9.84 Å². The second-order valence-electron chi connectivity index (χ2n) is 4.46. The van der Waals surface area contributed by atoms with Crippen LogP contribution >= 0.6 is 0 Å². The Morgan fingerprint density at radius 2 is 2.35 bits per heavy atom. The smallest absolute Gasteiger partial charge is 0.414 e. The van der Waals surface area contributed by atoms with Gasteiger partial charge in [0.05, 0.1) is 24.0 Å². The van der Waals surface area contributed by atoms with Crippen LogP contribution in [0, 0.1) is 0 Å². The second-order valence-corrected chi connectivity index (χ2v) is 4.46. The van der Waals surface area contributed by atoms with Crippen LogP contribution in [-0.4, -0.2) is 25.0 Å². The van der Waals surface area contributed by atoms with Gasteiger partial charge in [0.25, 0.3) is 0 Å². The highest BCUT2D eigenvalue weighted by molar-refractivity contribution is 5.87. The number of hydrogen-bond donors (Lipinski definition) is 1. The molecule has 0 fully saturated rings. The first-order chi connectivity index (χ1) is 9.70. The SMILES string of the molecule is CCOC(=O)Nc1on[n+]2c1-c1ccccc1CN2C. The maximum atomic E-state index is 11.5. The number of fused-ring (bicyclic) bond motifs is 3. The first kappa shape index (κ1) is 12.5. The Bertz CT molecular complexity index is 653. The molecular weight excluding hydrogens is 260 g/mol. The molecule has 3 rings (SSSR count). The van der Waals surface area contributed by atoms with Gasteiger partial charge in [-0.15, -0.1) is 0 Å². The molecule has 0 aliphatic carbocycles. The lowest BCUT2D eigenvalue weighted by Crippen LogP contribution is -2.59. The number of anilines is 1. The first-order valence-corrected chi connectivity index (χ1v) is 6.36. The normalized spacial score (nSPS) is 12.6. The molecule has 0 saturated heterocycles. The van der Waals surface area contributed by atoms with Crippen LogP contribution in [0.1, 0.15) is 12.5 Å². The summed E-state index contributed by atoms with van der Waals surface area (Å²) in [7, 11) is 1.90. The van der Waals surface area contributed by atoms with Crippen molar-refractivity contribution < 1.29 is 18.8 Å². The Hall–Kier alpha value is -2.57. The second kappa shape index (κ2) is 4.84.